The first-order chi connectivity index (χ1) is 9.31. The molecule has 1 unspecified atom stereocenters. The maximum Gasteiger partial charge on any atom is 0.194 e. The average molecular weight is 323 g/mol. The molecule has 0 aliphatic rings. The zero-order valence-electron chi connectivity index (χ0n) is 10.2. The molecule has 0 saturated heterocycles. The first-order valence-corrected chi connectivity index (χ1v) is 6.36. The van der Waals surface area contributed by atoms with E-state index in [2.05, 4.69) is 0 Å². The normalized spacial score (nSPS) is 12.6. The van der Waals surface area contributed by atoms with Gasteiger partial charge in [0.1, 0.15) is 5.82 Å². The van der Waals surface area contributed by atoms with Gasteiger partial charge in [0.2, 0.25) is 0 Å². The fourth-order valence-corrected chi connectivity index (χ4v) is 2.40. The molecule has 2 aromatic rings. The zero-order valence-corrected chi connectivity index (χ0v) is 11.7. The van der Waals surface area contributed by atoms with Gasteiger partial charge in [0.05, 0.1) is 5.38 Å². The average Bonchev–Trinajstić information content (AvgIpc) is 2.38. The summed E-state index contributed by atoms with van der Waals surface area (Å²) in [6.07, 6.45) is 0. The number of aryl methyl sites for hydroxylation is 1. The summed E-state index contributed by atoms with van der Waals surface area (Å²) in [4.78, 5) is 0. The van der Waals surface area contributed by atoms with Gasteiger partial charge in [-0.2, -0.15) is 0 Å². The van der Waals surface area contributed by atoms with Crippen LogP contribution in [0.5, 0.6) is 0 Å². The Hall–Kier alpha value is -1.26. The Morgan fingerprint density at radius 1 is 0.900 bits per heavy atom. The third-order valence-corrected chi connectivity index (χ3v) is 3.66. The van der Waals surface area contributed by atoms with Crippen molar-refractivity contribution in [2.75, 3.05) is 0 Å². The second-order valence-corrected chi connectivity index (χ2v) is 5.13. The highest BCUT2D eigenvalue weighted by molar-refractivity contribution is 6.33. The van der Waals surface area contributed by atoms with Gasteiger partial charge < -0.3 is 0 Å². The van der Waals surface area contributed by atoms with Crippen LogP contribution in [0.1, 0.15) is 22.1 Å². The SMILES string of the molecule is Cc1cc(C(Cl)c2cc(F)c(F)c(F)c2)c(Cl)cc1F. The van der Waals surface area contributed by atoms with E-state index < -0.39 is 28.6 Å². The maximum absolute atomic E-state index is 13.3. The molecule has 2 rings (SSSR count). The van der Waals surface area contributed by atoms with Gasteiger partial charge in [-0.3, -0.25) is 0 Å². The van der Waals surface area contributed by atoms with Crippen LogP contribution >= 0.6 is 23.2 Å². The molecule has 20 heavy (non-hydrogen) atoms. The fraction of sp³-hybridized carbons (Fsp3) is 0.143. The van der Waals surface area contributed by atoms with E-state index in [0.29, 0.717) is 0 Å². The summed E-state index contributed by atoms with van der Waals surface area (Å²) in [5.74, 6) is -4.78. The molecule has 1 atom stereocenters. The Bertz CT molecular complexity index is 647. The monoisotopic (exact) mass is 322 g/mol. The summed E-state index contributed by atoms with van der Waals surface area (Å²) in [6.45, 7) is 1.50. The van der Waals surface area contributed by atoms with Crippen molar-refractivity contribution in [2.24, 2.45) is 0 Å². The molecule has 0 nitrogen and oxygen atoms in total. The second kappa shape index (κ2) is 5.62. The van der Waals surface area contributed by atoms with Crippen molar-refractivity contribution in [3.05, 3.63) is 69.2 Å². The lowest BCUT2D eigenvalue weighted by atomic mass is 10.0. The number of alkyl halides is 1. The number of rotatable bonds is 2. The summed E-state index contributed by atoms with van der Waals surface area (Å²) in [5, 5.41) is -0.996. The van der Waals surface area contributed by atoms with Crippen LogP contribution in [0.15, 0.2) is 24.3 Å². The molecule has 0 radical (unpaired) electrons. The molecule has 0 spiro atoms. The van der Waals surface area contributed by atoms with Crippen molar-refractivity contribution >= 4 is 23.2 Å². The highest BCUT2D eigenvalue weighted by atomic mass is 35.5. The Kier molecular flexibility index (Phi) is 4.25. The van der Waals surface area contributed by atoms with E-state index in [1.54, 1.807) is 0 Å². The number of hydrogen-bond donors (Lipinski definition) is 0. The minimum absolute atomic E-state index is 0.00373. The van der Waals surface area contributed by atoms with Gasteiger partial charge in [0, 0.05) is 5.02 Å². The standard InChI is InChI=1S/C14H8Cl2F4/c1-6-2-8(9(15)5-10(6)17)13(16)7-3-11(18)14(20)12(19)4-7/h2-5,13H,1H3. The smallest absolute Gasteiger partial charge is 0.194 e. The molecule has 0 aromatic heterocycles. The van der Waals surface area contributed by atoms with Crippen LogP contribution < -0.4 is 0 Å². The highest BCUT2D eigenvalue weighted by Crippen LogP contribution is 2.35. The van der Waals surface area contributed by atoms with E-state index >= 15 is 0 Å². The van der Waals surface area contributed by atoms with Crippen molar-refractivity contribution in [3.8, 4) is 0 Å². The summed E-state index contributed by atoms with van der Waals surface area (Å²) in [7, 11) is 0. The van der Waals surface area contributed by atoms with E-state index in [9.17, 15) is 17.6 Å². The minimum atomic E-state index is -1.57. The van der Waals surface area contributed by atoms with Crippen LogP contribution in [0.25, 0.3) is 0 Å². The Balaban J connectivity index is 2.51. The van der Waals surface area contributed by atoms with Crippen LogP contribution in [0.3, 0.4) is 0 Å². The van der Waals surface area contributed by atoms with Gasteiger partial charge in [0.15, 0.2) is 17.5 Å². The van der Waals surface area contributed by atoms with Crippen molar-refractivity contribution in [1.82, 2.24) is 0 Å². The van der Waals surface area contributed by atoms with E-state index in [-0.39, 0.29) is 21.7 Å². The molecule has 106 valence electrons. The Morgan fingerprint density at radius 3 is 2.00 bits per heavy atom. The van der Waals surface area contributed by atoms with Crippen molar-refractivity contribution in [1.29, 1.82) is 0 Å². The fourth-order valence-electron chi connectivity index (χ4n) is 1.77. The quantitative estimate of drug-likeness (QED) is 0.387. The Labute approximate surface area is 122 Å². The van der Waals surface area contributed by atoms with Crippen molar-refractivity contribution in [2.45, 2.75) is 12.3 Å². The third kappa shape index (κ3) is 2.76. The number of hydrogen-bond acceptors (Lipinski definition) is 0. The molecule has 0 aliphatic carbocycles. The van der Waals surface area contributed by atoms with Gasteiger partial charge in [-0.15, -0.1) is 11.6 Å². The molecule has 0 N–H and O–H groups in total. The molecule has 0 bridgehead atoms. The molecule has 2 aromatic carbocycles. The third-order valence-electron chi connectivity index (χ3n) is 2.85. The first kappa shape index (κ1) is 15.1. The van der Waals surface area contributed by atoms with Gasteiger partial charge in [0.25, 0.3) is 0 Å². The molecular formula is C14H8Cl2F4. The molecule has 0 aliphatic heterocycles. The Morgan fingerprint density at radius 2 is 1.45 bits per heavy atom. The predicted octanol–water partition coefficient (Wildman–Crippen LogP) is 5.53. The zero-order chi connectivity index (χ0) is 15.0. The molecule has 6 heteroatoms. The van der Waals surface area contributed by atoms with E-state index in [1.165, 1.54) is 13.0 Å². The van der Waals surface area contributed by atoms with Gasteiger partial charge in [-0.1, -0.05) is 11.6 Å². The lowest BCUT2D eigenvalue weighted by molar-refractivity contribution is 0.445. The maximum atomic E-state index is 13.3. The molecule has 0 amide bonds. The first-order valence-electron chi connectivity index (χ1n) is 5.55. The summed E-state index contributed by atoms with van der Waals surface area (Å²) < 4.78 is 52.6. The molecule has 0 fully saturated rings. The molecular weight excluding hydrogens is 315 g/mol. The van der Waals surface area contributed by atoms with Gasteiger partial charge in [-0.25, -0.2) is 17.6 Å². The van der Waals surface area contributed by atoms with E-state index in [4.69, 9.17) is 23.2 Å². The lowest BCUT2D eigenvalue weighted by Crippen LogP contribution is -2.00. The second-order valence-electron chi connectivity index (χ2n) is 4.28. The summed E-state index contributed by atoms with van der Waals surface area (Å²) in [6, 6.07) is 4.02. The van der Waals surface area contributed by atoms with Crippen LogP contribution in [0.2, 0.25) is 5.02 Å². The van der Waals surface area contributed by atoms with E-state index in [1.807, 2.05) is 0 Å². The summed E-state index contributed by atoms with van der Waals surface area (Å²) in [5.41, 5.74) is 0.576. The predicted molar refractivity (Wildman–Crippen MR) is 70.2 cm³/mol. The van der Waals surface area contributed by atoms with Crippen LogP contribution in [0.4, 0.5) is 17.6 Å². The van der Waals surface area contributed by atoms with Crippen molar-refractivity contribution in [3.63, 3.8) is 0 Å². The topological polar surface area (TPSA) is 0 Å². The van der Waals surface area contributed by atoms with E-state index in [0.717, 1.165) is 18.2 Å². The largest absolute Gasteiger partial charge is 0.207 e. The van der Waals surface area contributed by atoms with Gasteiger partial charge >= 0.3 is 0 Å². The van der Waals surface area contributed by atoms with Crippen LogP contribution in [0, 0.1) is 30.2 Å². The van der Waals surface area contributed by atoms with Crippen LogP contribution in [-0.4, -0.2) is 0 Å². The number of benzene rings is 2. The number of halogens is 6. The molecule has 0 saturated carbocycles. The summed E-state index contributed by atoms with van der Waals surface area (Å²) >= 11 is 12.0. The highest BCUT2D eigenvalue weighted by Gasteiger charge is 2.20. The van der Waals surface area contributed by atoms with Crippen LogP contribution in [-0.2, 0) is 0 Å². The lowest BCUT2D eigenvalue weighted by Gasteiger charge is -2.14. The van der Waals surface area contributed by atoms with Gasteiger partial charge in [-0.05, 0) is 47.9 Å². The molecule has 0 heterocycles. The minimum Gasteiger partial charge on any atom is -0.207 e. The van der Waals surface area contributed by atoms with Crippen molar-refractivity contribution < 1.29 is 17.6 Å².